The molecule has 0 aromatic carbocycles. The lowest BCUT2D eigenvalue weighted by atomic mass is 10.0. The molecule has 4 heteroatoms. The zero-order valence-electron chi connectivity index (χ0n) is 14.5. The van der Waals surface area contributed by atoms with Gasteiger partial charge in [0.05, 0.1) is 12.7 Å². The van der Waals surface area contributed by atoms with Crippen LogP contribution in [-0.2, 0) is 4.74 Å². The normalized spacial score (nSPS) is 28.7. The van der Waals surface area contributed by atoms with Gasteiger partial charge in [0.15, 0.2) is 0 Å². The number of ether oxygens (including phenoxy) is 1. The molecule has 0 saturated carbocycles. The molecule has 0 radical (unpaired) electrons. The van der Waals surface area contributed by atoms with Crippen molar-refractivity contribution in [1.29, 1.82) is 0 Å². The van der Waals surface area contributed by atoms with Gasteiger partial charge in [0.2, 0.25) is 0 Å². The molecule has 0 aromatic heterocycles. The summed E-state index contributed by atoms with van der Waals surface area (Å²) in [4.78, 5) is 5.16. The van der Waals surface area contributed by atoms with Gasteiger partial charge in [-0.05, 0) is 47.1 Å². The third kappa shape index (κ3) is 5.51. The second kappa shape index (κ2) is 8.47. The van der Waals surface area contributed by atoms with Crippen molar-refractivity contribution in [1.82, 2.24) is 15.1 Å². The van der Waals surface area contributed by atoms with Crippen LogP contribution in [0.15, 0.2) is 0 Å². The Hall–Kier alpha value is -0.160. The molecule has 21 heavy (non-hydrogen) atoms. The number of piperidine rings is 1. The van der Waals surface area contributed by atoms with Crippen molar-refractivity contribution in [2.75, 3.05) is 39.3 Å². The van der Waals surface area contributed by atoms with Gasteiger partial charge in [-0.1, -0.05) is 6.42 Å². The van der Waals surface area contributed by atoms with Crippen molar-refractivity contribution in [2.45, 2.75) is 71.2 Å². The SMILES string of the molecule is CC(C)N1CCOC(CN(CC2CCCCN2)C(C)C)C1. The highest BCUT2D eigenvalue weighted by Crippen LogP contribution is 2.14. The summed E-state index contributed by atoms with van der Waals surface area (Å²) in [6.07, 6.45) is 4.41. The summed E-state index contributed by atoms with van der Waals surface area (Å²) in [5, 5.41) is 3.68. The van der Waals surface area contributed by atoms with Crippen LogP contribution in [0.3, 0.4) is 0 Å². The average molecular weight is 297 g/mol. The Labute approximate surface area is 131 Å². The van der Waals surface area contributed by atoms with Crippen molar-refractivity contribution in [2.24, 2.45) is 0 Å². The molecule has 124 valence electrons. The Morgan fingerprint density at radius 2 is 2.00 bits per heavy atom. The van der Waals surface area contributed by atoms with Crippen LogP contribution < -0.4 is 5.32 Å². The summed E-state index contributed by atoms with van der Waals surface area (Å²) < 4.78 is 6.02. The first kappa shape index (κ1) is 17.2. The minimum absolute atomic E-state index is 0.368. The molecule has 2 fully saturated rings. The first-order chi connectivity index (χ1) is 10.1. The summed E-state index contributed by atoms with van der Waals surface area (Å²) in [5.74, 6) is 0. The predicted molar refractivity (Wildman–Crippen MR) is 88.8 cm³/mol. The van der Waals surface area contributed by atoms with Crippen LogP contribution in [0, 0.1) is 0 Å². The standard InChI is InChI=1S/C17H35N3O/c1-14(2)19-9-10-21-17(12-19)13-20(15(3)4)11-16-7-5-6-8-18-16/h14-18H,5-13H2,1-4H3. The zero-order chi connectivity index (χ0) is 15.2. The van der Waals surface area contributed by atoms with Gasteiger partial charge in [0.1, 0.15) is 0 Å². The average Bonchev–Trinajstić information content (AvgIpc) is 2.48. The van der Waals surface area contributed by atoms with E-state index in [0.717, 1.165) is 26.2 Å². The number of hydrogen-bond donors (Lipinski definition) is 1. The fraction of sp³-hybridized carbons (Fsp3) is 1.00. The molecule has 4 nitrogen and oxygen atoms in total. The van der Waals surface area contributed by atoms with Crippen LogP contribution in [0.1, 0.15) is 47.0 Å². The molecule has 2 rings (SSSR count). The Bertz CT molecular complexity index is 290. The second-order valence-corrected chi connectivity index (χ2v) is 7.28. The first-order valence-electron chi connectivity index (χ1n) is 8.89. The monoisotopic (exact) mass is 297 g/mol. The van der Waals surface area contributed by atoms with Crippen LogP contribution in [-0.4, -0.2) is 73.4 Å². The quantitative estimate of drug-likeness (QED) is 0.811. The fourth-order valence-corrected chi connectivity index (χ4v) is 3.44. The van der Waals surface area contributed by atoms with E-state index >= 15 is 0 Å². The molecule has 2 aliphatic rings. The van der Waals surface area contributed by atoms with E-state index in [2.05, 4.69) is 42.8 Å². The molecule has 0 aromatic rings. The molecule has 2 unspecified atom stereocenters. The van der Waals surface area contributed by atoms with Crippen LogP contribution in [0.2, 0.25) is 0 Å². The summed E-state index contributed by atoms with van der Waals surface area (Å²) in [5.41, 5.74) is 0. The van der Waals surface area contributed by atoms with Gasteiger partial charge in [-0.15, -0.1) is 0 Å². The highest BCUT2D eigenvalue weighted by molar-refractivity contribution is 4.82. The third-order valence-corrected chi connectivity index (χ3v) is 4.94. The molecule has 0 spiro atoms. The number of hydrogen-bond acceptors (Lipinski definition) is 4. The molecule has 2 atom stereocenters. The van der Waals surface area contributed by atoms with E-state index < -0.39 is 0 Å². The van der Waals surface area contributed by atoms with Crippen LogP contribution >= 0.6 is 0 Å². The minimum atomic E-state index is 0.368. The first-order valence-corrected chi connectivity index (χ1v) is 8.89. The Morgan fingerprint density at radius 3 is 2.62 bits per heavy atom. The smallest absolute Gasteiger partial charge is 0.0829 e. The minimum Gasteiger partial charge on any atom is -0.374 e. The lowest BCUT2D eigenvalue weighted by Crippen LogP contribution is -2.53. The van der Waals surface area contributed by atoms with Gasteiger partial charge in [-0.2, -0.15) is 0 Å². The second-order valence-electron chi connectivity index (χ2n) is 7.28. The van der Waals surface area contributed by atoms with Gasteiger partial charge in [-0.3, -0.25) is 9.80 Å². The van der Waals surface area contributed by atoms with Crippen LogP contribution in [0.25, 0.3) is 0 Å². The van der Waals surface area contributed by atoms with Gasteiger partial charge in [0.25, 0.3) is 0 Å². The van der Waals surface area contributed by atoms with Crippen molar-refractivity contribution in [3.63, 3.8) is 0 Å². The Balaban J connectivity index is 1.83. The van der Waals surface area contributed by atoms with Gasteiger partial charge >= 0.3 is 0 Å². The molecule has 1 N–H and O–H groups in total. The van der Waals surface area contributed by atoms with Crippen molar-refractivity contribution in [3.05, 3.63) is 0 Å². The Morgan fingerprint density at radius 1 is 1.19 bits per heavy atom. The molecular formula is C17H35N3O. The molecule has 0 aliphatic carbocycles. The fourth-order valence-electron chi connectivity index (χ4n) is 3.44. The van der Waals surface area contributed by atoms with Crippen LogP contribution in [0.5, 0.6) is 0 Å². The zero-order valence-corrected chi connectivity index (χ0v) is 14.5. The summed E-state index contributed by atoms with van der Waals surface area (Å²) in [6.45, 7) is 15.7. The number of nitrogens with zero attached hydrogens (tertiary/aromatic N) is 2. The van der Waals surface area contributed by atoms with Crippen molar-refractivity contribution < 1.29 is 4.74 Å². The topological polar surface area (TPSA) is 27.7 Å². The third-order valence-electron chi connectivity index (χ3n) is 4.94. The van der Waals surface area contributed by atoms with Gasteiger partial charge < -0.3 is 10.1 Å². The lowest BCUT2D eigenvalue weighted by molar-refractivity contribution is -0.0565. The van der Waals surface area contributed by atoms with E-state index in [9.17, 15) is 0 Å². The van der Waals surface area contributed by atoms with E-state index in [1.165, 1.54) is 32.4 Å². The maximum atomic E-state index is 6.02. The van der Waals surface area contributed by atoms with Crippen LogP contribution in [0.4, 0.5) is 0 Å². The van der Waals surface area contributed by atoms with E-state index in [0.29, 0.717) is 24.2 Å². The number of nitrogens with one attached hydrogen (secondary N) is 1. The van der Waals surface area contributed by atoms with E-state index in [-0.39, 0.29) is 0 Å². The Kier molecular flexibility index (Phi) is 6.93. The summed E-state index contributed by atoms with van der Waals surface area (Å²) >= 11 is 0. The molecule has 2 heterocycles. The maximum Gasteiger partial charge on any atom is 0.0829 e. The van der Waals surface area contributed by atoms with Crippen molar-refractivity contribution >= 4 is 0 Å². The molecule has 2 saturated heterocycles. The van der Waals surface area contributed by atoms with Crippen molar-refractivity contribution in [3.8, 4) is 0 Å². The molecule has 0 amide bonds. The summed E-state index contributed by atoms with van der Waals surface area (Å²) in [7, 11) is 0. The molecular weight excluding hydrogens is 262 g/mol. The number of rotatable bonds is 6. The van der Waals surface area contributed by atoms with E-state index in [4.69, 9.17) is 4.74 Å². The molecule has 2 aliphatic heterocycles. The van der Waals surface area contributed by atoms with Gasteiger partial charge in [0, 0.05) is 44.3 Å². The van der Waals surface area contributed by atoms with E-state index in [1.54, 1.807) is 0 Å². The predicted octanol–water partition coefficient (Wildman–Crippen LogP) is 1.95. The highest BCUT2D eigenvalue weighted by atomic mass is 16.5. The number of morpholine rings is 1. The molecule has 0 bridgehead atoms. The van der Waals surface area contributed by atoms with E-state index in [1.807, 2.05) is 0 Å². The largest absolute Gasteiger partial charge is 0.374 e. The van der Waals surface area contributed by atoms with Gasteiger partial charge in [-0.25, -0.2) is 0 Å². The highest BCUT2D eigenvalue weighted by Gasteiger charge is 2.26. The lowest BCUT2D eigenvalue weighted by Gasteiger charge is -2.40. The maximum absolute atomic E-state index is 6.02. The summed E-state index contributed by atoms with van der Waals surface area (Å²) in [6, 6.07) is 1.89.